The maximum atomic E-state index is 14.2. The van der Waals surface area contributed by atoms with E-state index in [9.17, 15) is 55.8 Å². The van der Waals surface area contributed by atoms with Gasteiger partial charge in [0.25, 0.3) is 31.9 Å². The van der Waals surface area contributed by atoms with Crippen LogP contribution in [0.5, 0.6) is 0 Å². The maximum absolute atomic E-state index is 14.2. The fourth-order valence-corrected chi connectivity index (χ4v) is 13.9. The van der Waals surface area contributed by atoms with Gasteiger partial charge in [0.1, 0.15) is 13.2 Å². The number of ether oxygens (including phenoxy) is 4. The molecule has 2 atom stereocenters. The molecule has 2 saturated heterocycles. The predicted octanol–water partition coefficient (Wildman–Crippen LogP) is 7.35. The lowest BCUT2D eigenvalue weighted by Crippen LogP contribution is -2.50. The van der Waals surface area contributed by atoms with Gasteiger partial charge in [0, 0.05) is 89.7 Å². The quantitative estimate of drug-likeness (QED) is 0.0220. The molecule has 0 unspecified atom stereocenters. The van der Waals surface area contributed by atoms with Crippen molar-refractivity contribution in [1.29, 1.82) is 0 Å². The molecule has 4 N–H and O–H groups in total. The van der Waals surface area contributed by atoms with Gasteiger partial charge in [-0.3, -0.25) is 38.7 Å². The van der Waals surface area contributed by atoms with Crippen LogP contribution in [-0.2, 0) is 71.5 Å². The minimum absolute atomic E-state index is 0.0250. The molecule has 2 fully saturated rings. The van der Waals surface area contributed by atoms with Crippen molar-refractivity contribution in [2.45, 2.75) is 47.9 Å². The van der Waals surface area contributed by atoms with Gasteiger partial charge >= 0.3 is 24.1 Å². The Balaban J connectivity index is 0.691. The summed E-state index contributed by atoms with van der Waals surface area (Å²) in [6, 6.07) is 51.6. The third-order valence-corrected chi connectivity index (χ3v) is 19.9. The lowest BCUT2D eigenvalue weighted by molar-refractivity contribution is -0.166. The second-order valence-corrected chi connectivity index (χ2v) is 26.9. The fourth-order valence-electron chi connectivity index (χ4n) is 11.0. The Bertz CT molecular complexity index is 3750. The zero-order valence-electron chi connectivity index (χ0n) is 55.1. The minimum atomic E-state index is -4.59. The second kappa shape index (κ2) is 37.7. The van der Waals surface area contributed by atoms with Gasteiger partial charge in [-0.05, 0) is 88.7 Å². The molecule has 4 amide bonds. The van der Waals surface area contributed by atoms with E-state index in [1.165, 1.54) is 24.3 Å². The smallest absolute Gasteiger partial charge is 0.407 e. The molecule has 0 radical (unpaired) electrons. The summed E-state index contributed by atoms with van der Waals surface area (Å²) in [5.74, 6) is -3.46. The molecule has 530 valence electrons. The molecule has 28 heteroatoms. The molecule has 0 saturated carbocycles. The Kier molecular flexibility index (Phi) is 28.1. The molecular formula is C72H82N8O18S2. The first-order valence-corrected chi connectivity index (χ1v) is 35.6. The van der Waals surface area contributed by atoms with Crippen LogP contribution in [0.1, 0.15) is 44.7 Å². The van der Waals surface area contributed by atoms with Crippen LogP contribution < -0.4 is 10.6 Å². The zero-order valence-corrected chi connectivity index (χ0v) is 56.7. The van der Waals surface area contributed by atoms with Gasteiger partial charge in [-0.25, -0.2) is 26.4 Å². The summed E-state index contributed by atoms with van der Waals surface area (Å²) in [5.41, 5.74) is 5.41. The van der Waals surface area contributed by atoms with E-state index in [0.717, 1.165) is 33.4 Å². The van der Waals surface area contributed by atoms with E-state index in [2.05, 4.69) is 20.4 Å². The van der Waals surface area contributed by atoms with Crippen LogP contribution >= 0.6 is 0 Å². The topological polar surface area (TPSA) is 310 Å². The molecule has 7 aromatic rings. The number of nitrogens with one attached hydrogen (secondary N) is 2. The minimum Gasteiger partial charge on any atom is -0.480 e. The Labute approximate surface area is 581 Å². The first kappa shape index (κ1) is 74.8. The number of rotatable bonds is 36. The van der Waals surface area contributed by atoms with Crippen molar-refractivity contribution >= 4 is 56.0 Å². The zero-order chi connectivity index (χ0) is 70.7. The van der Waals surface area contributed by atoms with Gasteiger partial charge in [-0.2, -0.15) is 0 Å². The van der Waals surface area contributed by atoms with E-state index >= 15 is 0 Å². The molecule has 9 rings (SSSR count). The highest BCUT2D eigenvalue weighted by Gasteiger charge is 2.39. The van der Waals surface area contributed by atoms with Crippen molar-refractivity contribution in [1.82, 2.24) is 39.2 Å². The lowest BCUT2D eigenvalue weighted by Gasteiger charge is -2.35. The number of carbonyl (C=O) groups excluding carboxylic acids is 4. The number of hydrogen-bond acceptors (Lipinski definition) is 18. The van der Waals surface area contributed by atoms with Crippen molar-refractivity contribution in [3.63, 3.8) is 0 Å². The van der Waals surface area contributed by atoms with Crippen molar-refractivity contribution in [3.05, 3.63) is 216 Å². The molecule has 2 heterocycles. The van der Waals surface area contributed by atoms with Crippen molar-refractivity contribution in [3.8, 4) is 22.3 Å². The molecule has 100 heavy (non-hydrogen) atoms. The number of hydroxylamine groups is 2. The van der Waals surface area contributed by atoms with Crippen LogP contribution in [0.15, 0.2) is 204 Å². The predicted molar refractivity (Wildman–Crippen MR) is 368 cm³/mol. The van der Waals surface area contributed by atoms with Gasteiger partial charge in [0.2, 0.25) is 0 Å². The Hall–Kier alpha value is -9.46. The molecule has 7 aromatic carbocycles. The van der Waals surface area contributed by atoms with E-state index in [1.807, 2.05) is 72.8 Å². The van der Waals surface area contributed by atoms with Crippen LogP contribution in [0, 0.1) is 0 Å². The van der Waals surface area contributed by atoms with Crippen LogP contribution in [0.4, 0.5) is 9.59 Å². The molecule has 0 bridgehead atoms. The lowest BCUT2D eigenvalue weighted by atomic mass is 10.1. The molecule has 0 aromatic heterocycles. The Morgan fingerprint density at radius 3 is 1.10 bits per heavy atom. The van der Waals surface area contributed by atoms with Crippen LogP contribution in [-0.4, -0.2) is 222 Å². The summed E-state index contributed by atoms with van der Waals surface area (Å²) in [7, 11) is -9.18. The summed E-state index contributed by atoms with van der Waals surface area (Å²) >= 11 is 0. The van der Waals surface area contributed by atoms with Crippen LogP contribution in [0.2, 0.25) is 0 Å². The monoisotopic (exact) mass is 1410 g/mol. The number of benzene rings is 7. The summed E-state index contributed by atoms with van der Waals surface area (Å²) < 4.78 is 79.8. The van der Waals surface area contributed by atoms with Gasteiger partial charge in [0.15, 0.2) is 12.1 Å². The van der Waals surface area contributed by atoms with Gasteiger partial charge in [0.05, 0.1) is 49.4 Å². The van der Waals surface area contributed by atoms with Crippen molar-refractivity contribution < 1.29 is 84.4 Å². The number of carboxylic acid groups (broad SMARTS) is 2. The number of amides is 4. The van der Waals surface area contributed by atoms with E-state index < -0.39 is 56.3 Å². The molecular weight excluding hydrogens is 1330 g/mol. The average Bonchev–Trinajstić information content (AvgIpc) is 0.796. The molecule has 0 aliphatic carbocycles. The summed E-state index contributed by atoms with van der Waals surface area (Å²) in [6.45, 7) is 3.64. The average molecular weight is 1410 g/mol. The summed E-state index contributed by atoms with van der Waals surface area (Å²) in [4.78, 5) is 97.0. The van der Waals surface area contributed by atoms with Crippen LogP contribution in [0.25, 0.3) is 22.3 Å². The first-order valence-electron chi connectivity index (χ1n) is 32.7. The Morgan fingerprint density at radius 1 is 0.410 bits per heavy atom. The summed E-state index contributed by atoms with van der Waals surface area (Å²) in [5, 5.41) is 25.7. The number of sulfonamides is 2. The molecule has 2 aliphatic rings. The van der Waals surface area contributed by atoms with Gasteiger partial charge in [-0.15, -0.1) is 0 Å². The highest BCUT2D eigenvalue weighted by Crippen LogP contribution is 2.28. The number of aliphatic carboxylic acids is 2. The third-order valence-electron chi connectivity index (χ3n) is 16.5. The van der Waals surface area contributed by atoms with Crippen molar-refractivity contribution in [2.75, 3.05) is 118 Å². The standard InChI is InChI=1S/C72H82N8O18S2/c81-67(77-40-36-75(37-41-77)44-46-93-48-50-97-79(99(89,90)63-28-24-59(25-29-63)57-18-9-3-10-19-57)65(69(83)84)32-34-73-71(87)95-53-55-14-5-1-6-15-55)61-22-13-23-62(52-61)68(82)78-42-38-76(39-43-78)45-47-94-49-51-98-80(100(91,92)64-30-26-60(27-31-64)58-20-11-4-12-21-58)66(70(85)86)33-35-74-72(88)96-54-56-16-7-2-8-17-56/h1-31,52,65-66H,32-51,53-54H2,(H,73,87)(H,74,88)(H,83,84)(H,85,86)/t65-,66-/m1/s1. The number of piperazine rings is 2. The Morgan fingerprint density at radius 2 is 0.750 bits per heavy atom. The number of nitrogens with zero attached hydrogens (tertiary/aromatic N) is 6. The SMILES string of the molecule is O=C(NCC[C@H](C(=O)O)N(OCCOCCN1CCN(C(=O)c2cccc(C(=O)N3CCN(CCOCCON([C@H](CCNC(=O)OCc4ccccc4)C(=O)O)S(=O)(=O)c4ccc(-c5ccccc5)cc4)CC3)c2)CC1)S(=O)(=O)c1ccc(-c2ccccc2)cc1)OCc1ccccc1. The second-order valence-electron chi connectivity index (χ2n) is 23.3. The largest absolute Gasteiger partial charge is 0.480 e. The molecule has 2 aliphatic heterocycles. The van der Waals surface area contributed by atoms with E-state index in [1.54, 1.807) is 107 Å². The van der Waals surface area contributed by atoms with Gasteiger partial charge < -0.3 is 49.6 Å². The van der Waals surface area contributed by atoms with E-state index in [-0.39, 0.29) is 100 Å². The normalized spacial score (nSPS) is 14.5. The summed E-state index contributed by atoms with van der Waals surface area (Å²) in [6.07, 6.45) is -2.36. The van der Waals surface area contributed by atoms with E-state index in [4.69, 9.17) is 28.6 Å². The first-order chi connectivity index (χ1) is 48.4. The molecule has 0 spiro atoms. The van der Waals surface area contributed by atoms with Crippen LogP contribution in [0.3, 0.4) is 0 Å². The fraction of sp³-hybridized carbons (Fsp3) is 0.333. The molecule has 26 nitrogen and oxygen atoms in total. The van der Waals surface area contributed by atoms with Crippen molar-refractivity contribution in [2.24, 2.45) is 0 Å². The highest BCUT2D eigenvalue weighted by atomic mass is 32.2. The highest BCUT2D eigenvalue weighted by molar-refractivity contribution is 7.89. The number of carboxylic acids is 2. The van der Waals surface area contributed by atoms with Gasteiger partial charge in [-0.1, -0.05) is 161 Å². The van der Waals surface area contributed by atoms with E-state index in [0.29, 0.717) is 85.5 Å². The number of carbonyl (C=O) groups is 6. The maximum Gasteiger partial charge on any atom is 0.407 e. The third kappa shape index (κ3) is 21.8. The number of alkyl carbamates (subject to hydrolysis) is 2. The number of hydrogen-bond donors (Lipinski definition) is 4.